The first-order valence-corrected chi connectivity index (χ1v) is 7.82. The van der Waals surface area contributed by atoms with Crippen molar-refractivity contribution in [2.45, 2.75) is 45.8 Å². The van der Waals surface area contributed by atoms with Crippen LogP contribution < -0.4 is 0 Å². The summed E-state index contributed by atoms with van der Waals surface area (Å²) in [7, 11) is -0.302. The first-order chi connectivity index (χ1) is 10.3. The highest BCUT2D eigenvalue weighted by Gasteiger charge is 2.50. The van der Waals surface area contributed by atoms with Gasteiger partial charge in [-0.3, -0.25) is 0 Å². The topological polar surface area (TPSA) is 18.5 Å². The Labute approximate surface area is 133 Å². The molecule has 1 saturated heterocycles. The zero-order valence-corrected chi connectivity index (χ0v) is 14.0. The standard InChI is InChI=1S/C19H23BO2/c1-14(13-20-21-18(2,3)19(4,5)22-20)16-12-8-10-15-9-6-7-11-17(15)16/h6-13H,1-5H3/b14-13-. The van der Waals surface area contributed by atoms with E-state index < -0.39 is 0 Å². The molecule has 22 heavy (non-hydrogen) atoms. The quantitative estimate of drug-likeness (QED) is 0.735. The van der Waals surface area contributed by atoms with Gasteiger partial charge in [0, 0.05) is 0 Å². The van der Waals surface area contributed by atoms with Gasteiger partial charge in [0.2, 0.25) is 0 Å². The Balaban J connectivity index is 1.95. The van der Waals surface area contributed by atoms with Gasteiger partial charge in [-0.15, -0.1) is 0 Å². The Bertz CT molecular complexity index is 710. The van der Waals surface area contributed by atoms with E-state index in [-0.39, 0.29) is 18.3 Å². The number of allylic oxidation sites excluding steroid dienone is 1. The van der Waals surface area contributed by atoms with Gasteiger partial charge in [0.05, 0.1) is 11.2 Å². The fraction of sp³-hybridized carbons (Fsp3) is 0.368. The van der Waals surface area contributed by atoms with E-state index in [1.165, 1.54) is 21.9 Å². The van der Waals surface area contributed by atoms with Gasteiger partial charge in [-0.25, -0.2) is 0 Å². The van der Waals surface area contributed by atoms with E-state index in [1.807, 2.05) is 0 Å². The maximum atomic E-state index is 6.07. The molecule has 1 aliphatic heterocycles. The Kier molecular flexibility index (Phi) is 3.66. The van der Waals surface area contributed by atoms with Crippen LogP contribution in [0.2, 0.25) is 0 Å². The van der Waals surface area contributed by atoms with Crippen LogP contribution in [0.5, 0.6) is 0 Å². The summed E-state index contributed by atoms with van der Waals surface area (Å²) in [4.78, 5) is 0. The van der Waals surface area contributed by atoms with Gasteiger partial charge in [-0.2, -0.15) is 0 Å². The average Bonchev–Trinajstić information content (AvgIpc) is 2.65. The van der Waals surface area contributed by atoms with Crippen molar-refractivity contribution < 1.29 is 9.31 Å². The van der Waals surface area contributed by atoms with E-state index in [2.05, 4.69) is 83.1 Å². The lowest BCUT2D eigenvalue weighted by Crippen LogP contribution is -2.41. The molecule has 1 fully saturated rings. The van der Waals surface area contributed by atoms with Crippen molar-refractivity contribution in [2.24, 2.45) is 0 Å². The second-order valence-corrected chi connectivity index (χ2v) is 7.00. The lowest BCUT2D eigenvalue weighted by atomic mass is 9.84. The zero-order chi connectivity index (χ0) is 16.0. The minimum Gasteiger partial charge on any atom is -0.400 e. The summed E-state index contributed by atoms with van der Waals surface area (Å²) in [5.74, 6) is 2.08. The number of rotatable bonds is 2. The monoisotopic (exact) mass is 294 g/mol. The molecule has 0 aliphatic carbocycles. The molecular formula is C19H23BO2. The van der Waals surface area contributed by atoms with Crippen LogP contribution in [0.4, 0.5) is 0 Å². The minimum absolute atomic E-state index is 0.298. The van der Waals surface area contributed by atoms with Gasteiger partial charge < -0.3 is 9.31 Å². The molecule has 2 nitrogen and oxygen atoms in total. The van der Waals surface area contributed by atoms with Crippen molar-refractivity contribution in [1.82, 2.24) is 0 Å². The largest absolute Gasteiger partial charge is 0.487 e. The van der Waals surface area contributed by atoms with E-state index in [0.29, 0.717) is 0 Å². The Morgan fingerprint density at radius 1 is 0.909 bits per heavy atom. The van der Waals surface area contributed by atoms with Gasteiger partial charge >= 0.3 is 7.12 Å². The molecule has 0 aromatic heterocycles. The predicted octanol–water partition coefficient (Wildman–Crippen LogP) is 4.87. The van der Waals surface area contributed by atoms with Crippen LogP contribution in [0.1, 0.15) is 40.2 Å². The molecule has 1 aliphatic rings. The van der Waals surface area contributed by atoms with Crippen molar-refractivity contribution in [3.05, 3.63) is 54.0 Å². The molecule has 0 N–H and O–H groups in total. The van der Waals surface area contributed by atoms with Crippen molar-refractivity contribution in [2.75, 3.05) is 0 Å². The number of hydrogen-bond donors (Lipinski definition) is 0. The van der Waals surface area contributed by atoms with Gasteiger partial charge in [0.25, 0.3) is 0 Å². The molecular weight excluding hydrogens is 271 g/mol. The van der Waals surface area contributed by atoms with Crippen molar-refractivity contribution >= 4 is 23.5 Å². The first-order valence-electron chi connectivity index (χ1n) is 7.82. The summed E-state index contributed by atoms with van der Waals surface area (Å²) >= 11 is 0. The van der Waals surface area contributed by atoms with E-state index in [0.717, 1.165) is 0 Å². The molecule has 3 heteroatoms. The normalized spacial score (nSPS) is 20.6. The fourth-order valence-electron chi connectivity index (χ4n) is 2.82. The fourth-order valence-corrected chi connectivity index (χ4v) is 2.82. The molecule has 0 atom stereocenters. The molecule has 0 amide bonds. The highest BCUT2D eigenvalue weighted by atomic mass is 16.7. The highest BCUT2D eigenvalue weighted by molar-refractivity contribution is 6.53. The Hall–Kier alpha value is -1.58. The third-order valence-electron chi connectivity index (χ3n) is 4.87. The Morgan fingerprint density at radius 2 is 1.50 bits per heavy atom. The summed E-state index contributed by atoms with van der Waals surface area (Å²) in [6.45, 7) is 10.4. The van der Waals surface area contributed by atoms with Crippen LogP contribution in [0.15, 0.2) is 48.4 Å². The maximum Gasteiger partial charge on any atom is 0.487 e. The molecule has 0 saturated carbocycles. The van der Waals surface area contributed by atoms with Gasteiger partial charge in [0.1, 0.15) is 0 Å². The number of fused-ring (bicyclic) bond motifs is 1. The smallest absolute Gasteiger partial charge is 0.400 e. The van der Waals surface area contributed by atoms with Crippen LogP contribution in [-0.4, -0.2) is 18.3 Å². The van der Waals surface area contributed by atoms with E-state index in [1.54, 1.807) is 0 Å². The van der Waals surface area contributed by atoms with Crippen LogP contribution in [0, 0.1) is 0 Å². The molecule has 114 valence electrons. The predicted molar refractivity (Wildman–Crippen MR) is 93.7 cm³/mol. The zero-order valence-electron chi connectivity index (χ0n) is 14.0. The van der Waals surface area contributed by atoms with Crippen LogP contribution in [0.3, 0.4) is 0 Å². The Morgan fingerprint density at radius 3 is 2.18 bits per heavy atom. The maximum absolute atomic E-state index is 6.07. The molecule has 2 aromatic carbocycles. The molecule has 1 heterocycles. The molecule has 3 rings (SSSR count). The third-order valence-corrected chi connectivity index (χ3v) is 4.87. The average molecular weight is 294 g/mol. The number of hydrogen-bond acceptors (Lipinski definition) is 2. The van der Waals surface area contributed by atoms with E-state index in [9.17, 15) is 0 Å². The molecule has 0 spiro atoms. The summed E-state index contributed by atoms with van der Waals surface area (Å²) < 4.78 is 12.1. The van der Waals surface area contributed by atoms with Crippen molar-refractivity contribution in [3.8, 4) is 0 Å². The molecule has 0 radical (unpaired) electrons. The van der Waals surface area contributed by atoms with E-state index >= 15 is 0 Å². The molecule has 2 aromatic rings. The van der Waals surface area contributed by atoms with Crippen LogP contribution in [-0.2, 0) is 9.31 Å². The lowest BCUT2D eigenvalue weighted by molar-refractivity contribution is 0.00578. The van der Waals surface area contributed by atoms with Crippen molar-refractivity contribution in [3.63, 3.8) is 0 Å². The molecule has 0 unspecified atom stereocenters. The van der Waals surface area contributed by atoms with Crippen LogP contribution >= 0.6 is 0 Å². The second kappa shape index (κ2) is 5.25. The first kappa shape index (κ1) is 15.3. The van der Waals surface area contributed by atoms with Crippen molar-refractivity contribution in [1.29, 1.82) is 0 Å². The summed E-state index contributed by atoms with van der Waals surface area (Å²) in [5.41, 5.74) is 1.81. The van der Waals surface area contributed by atoms with E-state index in [4.69, 9.17) is 9.31 Å². The highest BCUT2D eigenvalue weighted by Crippen LogP contribution is 2.37. The molecule has 0 bridgehead atoms. The van der Waals surface area contributed by atoms with Gasteiger partial charge in [-0.1, -0.05) is 54.0 Å². The third kappa shape index (κ3) is 2.60. The summed E-state index contributed by atoms with van der Waals surface area (Å²) in [6, 6.07) is 14.8. The SMILES string of the molecule is C/C(=C/B1OC(C)(C)C(C)(C)O1)c1cccc2ccccc12. The lowest BCUT2D eigenvalue weighted by Gasteiger charge is -2.32. The summed E-state index contributed by atoms with van der Waals surface area (Å²) in [6.07, 6.45) is 0. The second-order valence-electron chi connectivity index (χ2n) is 7.00. The van der Waals surface area contributed by atoms with Gasteiger partial charge in [-0.05, 0) is 51.0 Å². The van der Waals surface area contributed by atoms with Crippen LogP contribution in [0.25, 0.3) is 16.3 Å². The summed E-state index contributed by atoms with van der Waals surface area (Å²) in [5, 5.41) is 2.51. The minimum atomic E-state index is -0.302. The van der Waals surface area contributed by atoms with Gasteiger partial charge in [0.15, 0.2) is 0 Å². The number of benzene rings is 2.